The maximum absolute atomic E-state index is 13.5. The van der Waals surface area contributed by atoms with E-state index in [0.717, 1.165) is 6.42 Å². The molecule has 1 aliphatic heterocycles. The molecule has 0 aliphatic carbocycles. The summed E-state index contributed by atoms with van der Waals surface area (Å²) in [6.07, 6.45) is 1.23. The zero-order valence-corrected chi connectivity index (χ0v) is 21.2. The van der Waals surface area contributed by atoms with Gasteiger partial charge in [0.2, 0.25) is 0 Å². The number of benzene rings is 1. The Kier molecular flexibility index (Phi) is 8.33. The van der Waals surface area contributed by atoms with E-state index in [2.05, 4.69) is 9.97 Å². The number of nitro groups is 1. The van der Waals surface area contributed by atoms with Crippen LogP contribution in [0.3, 0.4) is 0 Å². The van der Waals surface area contributed by atoms with Gasteiger partial charge in [-0.3, -0.25) is 19.7 Å². The number of carbonyl (C=O) groups excluding carboxylic acids is 3. The van der Waals surface area contributed by atoms with E-state index in [1.807, 2.05) is 6.92 Å². The van der Waals surface area contributed by atoms with Crippen LogP contribution in [0.2, 0.25) is 0 Å². The fraction of sp³-hybridized carbons (Fsp3) is 0.480. The van der Waals surface area contributed by atoms with Crippen molar-refractivity contribution in [2.45, 2.75) is 53.5 Å². The number of rotatable bonds is 7. The average Bonchev–Trinajstić information content (AvgIpc) is 2.83. The lowest BCUT2D eigenvalue weighted by Crippen LogP contribution is -2.55. The van der Waals surface area contributed by atoms with E-state index >= 15 is 0 Å². The number of esters is 1. The van der Waals surface area contributed by atoms with Crippen LogP contribution < -0.4 is 0 Å². The van der Waals surface area contributed by atoms with E-state index in [9.17, 15) is 24.5 Å². The number of aromatic nitrogens is 2. The van der Waals surface area contributed by atoms with Crippen molar-refractivity contribution in [2.75, 3.05) is 26.2 Å². The predicted octanol–water partition coefficient (Wildman–Crippen LogP) is 3.12. The minimum atomic E-state index is -0.632. The van der Waals surface area contributed by atoms with E-state index in [-0.39, 0.29) is 60.7 Å². The number of nitro benzene ring substituents is 1. The van der Waals surface area contributed by atoms with Gasteiger partial charge >= 0.3 is 5.97 Å². The number of amides is 2. The summed E-state index contributed by atoms with van der Waals surface area (Å²) in [4.78, 5) is 62.0. The first-order chi connectivity index (χ1) is 17.1. The first-order valence-corrected chi connectivity index (χ1v) is 12.0. The Bertz CT molecular complexity index is 1200. The molecule has 11 heteroatoms. The monoisotopic (exact) mass is 497 g/mol. The van der Waals surface area contributed by atoms with Crippen molar-refractivity contribution in [3.05, 3.63) is 62.2 Å². The lowest BCUT2D eigenvalue weighted by Gasteiger charge is -2.40. The van der Waals surface area contributed by atoms with Gasteiger partial charge in [-0.1, -0.05) is 19.4 Å². The summed E-state index contributed by atoms with van der Waals surface area (Å²) in [6, 6.07) is 4.05. The molecule has 192 valence electrons. The Morgan fingerprint density at radius 2 is 1.86 bits per heavy atom. The van der Waals surface area contributed by atoms with Crippen LogP contribution in [0, 0.1) is 24.0 Å². The molecule has 1 atom stereocenters. The SMILES string of the molecule is CCCc1nc(C)nc(C(=O)N2CCN(C(=O)c3ccc(C)c([N+](=O)[O-])c3)C(C)C2)c1C(=O)OCC. The van der Waals surface area contributed by atoms with Gasteiger partial charge in [-0.25, -0.2) is 14.8 Å². The molecular weight excluding hydrogens is 466 g/mol. The summed E-state index contributed by atoms with van der Waals surface area (Å²) in [7, 11) is 0. The number of ether oxygens (including phenoxy) is 1. The first-order valence-electron chi connectivity index (χ1n) is 12.0. The molecule has 0 radical (unpaired) electrons. The van der Waals surface area contributed by atoms with Gasteiger partial charge < -0.3 is 14.5 Å². The van der Waals surface area contributed by atoms with Crippen LogP contribution in [-0.4, -0.2) is 74.8 Å². The summed E-state index contributed by atoms with van der Waals surface area (Å²) in [5, 5.41) is 11.3. The molecule has 2 heterocycles. The molecule has 2 amide bonds. The third kappa shape index (κ3) is 5.50. The molecular formula is C25H31N5O6. The second-order valence-electron chi connectivity index (χ2n) is 8.77. The number of hydrogen-bond donors (Lipinski definition) is 0. The molecule has 0 N–H and O–H groups in total. The third-order valence-corrected chi connectivity index (χ3v) is 6.09. The van der Waals surface area contributed by atoms with Crippen molar-refractivity contribution in [1.82, 2.24) is 19.8 Å². The van der Waals surface area contributed by atoms with Crippen LogP contribution >= 0.6 is 0 Å². The Morgan fingerprint density at radius 1 is 1.14 bits per heavy atom. The molecule has 0 spiro atoms. The molecule has 1 aromatic carbocycles. The Labute approximate surface area is 209 Å². The summed E-state index contributed by atoms with van der Waals surface area (Å²) >= 11 is 0. The maximum Gasteiger partial charge on any atom is 0.342 e. The maximum atomic E-state index is 13.5. The van der Waals surface area contributed by atoms with E-state index < -0.39 is 16.8 Å². The van der Waals surface area contributed by atoms with Gasteiger partial charge in [-0.05, 0) is 40.2 Å². The molecule has 2 aromatic rings. The summed E-state index contributed by atoms with van der Waals surface area (Å²) in [5.74, 6) is -1.01. The van der Waals surface area contributed by atoms with Gasteiger partial charge in [0.1, 0.15) is 17.1 Å². The van der Waals surface area contributed by atoms with Crippen LogP contribution in [0.5, 0.6) is 0 Å². The van der Waals surface area contributed by atoms with Gasteiger partial charge in [0.25, 0.3) is 17.5 Å². The van der Waals surface area contributed by atoms with Gasteiger partial charge in [-0.2, -0.15) is 0 Å². The Balaban J connectivity index is 1.85. The minimum Gasteiger partial charge on any atom is -0.462 e. The number of carbonyl (C=O) groups is 3. The van der Waals surface area contributed by atoms with Crippen LogP contribution in [-0.2, 0) is 11.2 Å². The van der Waals surface area contributed by atoms with E-state index in [1.54, 1.807) is 49.6 Å². The van der Waals surface area contributed by atoms with Crippen LogP contribution in [0.1, 0.15) is 75.5 Å². The van der Waals surface area contributed by atoms with Crippen LogP contribution in [0.15, 0.2) is 18.2 Å². The summed E-state index contributed by atoms with van der Waals surface area (Å²) in [6.45, 7) is 9.55. The van der Waals surface area contributed by atoms with Crippen molar-refractivity contribution >= 4 is 23.5 Å². The molecule has 0 bridgehead atoms. The highest BCUT2D eigenvalue weighted by Crippen LogP contribution is 2.23. The second-order valence-corrected chi connectivity index (χ2v) is 8.77. The summed E-state index contributed by atoms with van der Waals surface area (Å²) in [5.41, 5.74) is 1.16. The standard InChI is InChI=1S/C25H31N5O6/c1-6-8-19-21(25(33)36-7-2)22(27-17(5)26-19)24(32)28-11-12-29(16(4)14-28)23(31)18-10-9-15(3)20(13-18)30(34)35/h9-10,13,16H,6-8,11-12,14H2,1-5H3. The van der Waals surface area contributed by atoms with Gasteiger partial charge in [-0.15, -0.1) is 0 Å². The molecule has 1 saturated heterocycles. The highest BCUT2D eigenvalue weighted by atomic mass is 16.6. The molecule has 1 aliphatic rings. The summed E-state index contributed by atoms with van der Waals surface area (Å²) < 4.78 is 5.20. The van der Waals surface area contributed by atoms with Gasteiger partial charge in [0.05, 0.1) is 17.2 Å². The fourth-order valence-electron chi connectivity index (χ4n) is 4.32. The van der Waals surface area contributed by atoms with Crippen molar-refractivity contribution in [2.24, 2.45) is 0 Å². The molecule has 11 nitrogen and oxygen atoms in total. The van der Waals surface area contributed by atoms with Crippen LogP contribution in [0.25, 0.3) is 0 Å². The zero-order chi connectivity index (χ0) is 26.6. The van der Waals surface area contributed by atoms with Gasteiger partial charge in [0, 0.05) is 42.9 Å². The number of aryl methyl sites for hydroxylation is 3. The third-order valence-electron chi connectivity index (χ3n) is 6.09. The molecule has 1 unspecified atom stereocenters. The van der Waals surface area contributed by atoms with Crippen molar-refractivity contribution in [3.8, 4) is 0 Å². The quantitative estimate of drug-likeness (QED) is 0.323. The van der Waals surface area contributed by atoms with Crippen molar-refractivity contribution in [1.29, 1.82) is 0 Å². The van der Waals surface area contributed by atoms with Crippen LogP contribution in [0.4, 0.5) is 5.69 Å². The molecule has 36 heavy (non-hydrogen) atoms. The smallest absolute Gasteiger partial charge is 0.342 e. The van der Waals surface area contributed by atoms with Crippen molar-refractivity contribution < 1.29 is 24.0 Å². The highest BCUT2D eigenvalue weighted by molar-refractivity contribution is 6.05. The molecule has 3 rings (SSSR count). The number of nitrogens with zero attached hydrogens (tertiary/aromatic N) is 5. The van der Waals surface area contributed by atoms with E-state index in [0.29, 0.717) is 23.5 Å². The lowest BCUT2D eigenvalue weighted by molar-refractivity contribution is -0.385. The van der Waals surface area contributed by atoms with Crippen molar-refractivity contribution in [3.63, 3.8) is 0 Å². The normalized spacial score (nSPS) is 15.5. The van der Waals surface area contributed by atoms with Gasteiger partial charge in [0.15, 0.2) is 0 Å². The molecule has 1 aromatic heterocycles. The molecule has 0 saturated carbocycles. The number of hydrogen-bond acceptors (Lipinski definition) is 8. The second kappa shape index (κ2) is 11.2. The Hall–Kier alpha value is -3.89. The largest absolute Gasteiger partial charge is 0.462 e. The van der Waals surface area contributed by atoms with E-state index in [4.69, 9.17) is 4.74 Å². The minimum absolute atomic E-state index is 0.00513. The highest BCUT2D eigenvalue weighted by Gasteiger charge is 2.34. The predicted molar refractivity (Wildman–Crippen MR) is 131 cm³/mol. The molecule has 1 fully saturated rings. The first kappa shape index (κ1) is 26.7. The van der Waals surface area contributed by atoms with E-state index in [1.165, 1.54) is 6.07 Å². The average molecular weight is 498 g/mol. The Morgan fingerprint density at radius 3 is 2.47 bits per heavy atom. The fourth-order valence-corrected chi connectivity index (χ4v) is 4.32. The lowest BCUT2D eigenvalue weighted by atomic mass is 10.0. The number of piperazine rings is 1. The topological polar surface area (TPSA) is 136 Å². The zero-order valence-electron chi connectivity index (χ0n) is 21.2.